The zero-order valence-electron chi connectivity index (χ0n) is 49.0. The van der Waals surface area contributed by atoms with E-state index in [-0.39, 0.29) is 32.0 Å². The van der Waals surface area contributed by atoms with E-state index >= 15 is 0 Å². The minimum Gasteiger partial charge on any atom is -0.756 e. The first-order chi connectivity index (χ1) is 36.0. The van der Waals surface area contributed by atoms with E-state index in [4.69, 9.17) is 18.5 Å². The Hall–Kier alpha value is -2.29. The third-order valence-corrected chi connectivity index (χ3v) is 14.5. The van der Waals surface area contributed by atoms with Crippen LogP contribution in [0.3, 0.4) is 0 Å². The van der Waals surface area contributed by atoms with E-state index in [9.17, 15) is 19.0 Å². The summed E-state index contributed by atoms with van der Waals surface area (Å²) < 4.78 is 34.2. The smallest absolute Gasteiger partial charge is 0.306 e. The zero-order chi connectivity index (χ0) is 54.2. The number of allylic oxidation sites excluding steroid dienone is 10. The summed E-state index contributed by atoms with van der Waals surface area (Å²) in [7, 11) is 1.16. The van der Waals surface area contributed by atoms with Gasteiger partial charge in [0.25, 0.3) is 7.82 Å². The van der Waals surface area contributed by atoms with Gasteiger partial charge in [-0.25, -0.2) is 0 Å². The summed E-state index contributed by atoms with van der Waals surface area (Å²) in [6.45, 7) is 4.15. The Kier molecular flexibility index (Phi) is 53.7. The number of carbonyl (C=O) groups excluding carboxylic acids is 2. The molecule has 0 fully saturated rings. The SMILES string of the molecule is CC/C=C\C/C=C\C/C=C\C/C=C\CCCCCCCCCCC(=O)OC(COC(=O)CCCCCCCCCCCCCCCCCCC/C=C\CCCCCCCCCC)COP(=O)([O-])OCC[N+](C)(C)C. The highest BCUT2D eigenvalue weighted by Gasteiger charge is 2.22. The van der Waals surface area contributed by atoms with Gasteiger partial charge < -0.3 is 27.9 Å². The third kappa shape index (κ3) is 59.0. The van der Waals surface area contributed by atoms with Gasteiger partial charge in [0.2, 0.25) is 0 Å². The lowest BCUT2D eigenvalue weighted by molar-refractivity contribution is -0.870. The van der Waals surface area contributed by atoms with E-state index < -0.39 is 26.5 Å². The molecule has 0 heterocycles. The van der Waals surface area contributed by atoms with Crippen LogP contribution in [0.4, 0.5) is 0 Å². The van der Waals surface area contributed by atoms with Crippen LogP contribution in [-0.2, 0) is 32.7 Å². The second-order valence-corrected chi connectivity index (χ2v) is 23.4. The number of quaternary nitrogens is 1. The fraction of sp³-hybridized carbons (Fsp3) is 0.812. The Morgan fingerprint density at radius 3 is 1.16 bits per heavy atom. The van der Waals surface area contributed by atoms with E-state index in [0.29, 0.717) is 17.4 Å². The Morgan fingerprint density at radius 2 is 0.770 bits per heavy atom. The quantitative estimate of drug-likeness (QED) is 0.0195. The molecule has 10 heteroatoms. The minimum atomic E-state index is -4.64. The molecule has 0 saturated heterocycles. The molecular formula is C64H118NO8P. The van der Waals surface area contributed by atoms with Crippen molar-refractivity contribution in [1.82, 2.24) is 0 Å². The predicted octanol–water partition coefficient (Wildman–Crippen LogP) is 18.9. The molecule has 74 heavy (non-hydrogen) atoms. The van der Waals surface area contributed by atoms with Gasteiger partial charge in [0.1, 0.15) is 19.8 Å². The van der Waals surface area contributed by atoms with Crippen molar-refractivity contribution in [3.8, 4) is 0 Å². The molecule has 0 aliphatic rings. The topological polar surface area (TPSA) is 111 Å². The highest BCUT2D eigenvalue weighted by molar-refractivity contribution is 7.45. The summed E-state index contributed by atoms with van der Waals surface area (Å²) in [5.74, 6) is -0.834. The molecule has 2 atom stereocenters. The van der Waals surface area contributed by atoms with Crippen LogP contribution in [0.25, 0.3) is 0 Å². The summed E-state index contributed by atoms with van der Waals surface area (Å²) in [6, 6.07) is 0. The van der Waals surface area contributed by atoms with Gasteiger partial charge in [-0.15, -0.1) is 0 Å². The molecule has 0 aliphatic carbocycles. The maximum atomic E-state index is 12.8. The lowest BCUT2D eigenvalue weighted by atomic mass is 10.0. The van der Waals surface area contributed by atoms with Crippen LogP contribution >= 0.6 is 7.82 Å². The first-order valence-electron chi connectivity index (χ1n) is 31.0. The second kappa shape index (κ2) is 55.5. The highest BCUT2D eigenvalue weighted by Crippen LogP contribution is 2.38. The normalized spacial score (nSPS) is 13.6. The molecule has 2 unspecified atom stereocenters. The number of likely N-dealkylation sites (N-methyl/N-ethyl adjacent to an activating group) is 1. The number of unbranched alkanes of at least 4 members (excludes halogenated alkanes) is 33. The molecule has 432 valence electrons. The summed E-state index contributed by atoms with van der Waals surface area (Å²) in [5, 5.41) is 0. The van der Waals surface area contributed by atoms with Crippen molar-refractivity contribution in [2.24, 2.45) is 0 Å². The summed E-state index contributed by atoms with van der Waals surface area (Å²) in [6.07, 6.45) is 71.4. The van der Waals surface area contributed by atoms with Gasteiger partial charge in [0.05, 0.1) is 27.7 Å². The summed E-state index contributed by atoms with van der Waals surface area (Å²) in [4.78, 5) is 37.9. The molecule has 0 aliphatic heterocycles. The van der Waals surface area contributed by atoms with E-state index in [1.54, 1.807) is 0 Å². The van der Waals surface area contributed by atoms with Crippen LogP contribution < -0.4 is 4.89 Å². The Bertz CT molecular complexity index is 1430. The molecule has 0 aromatic rings. The van der Waals surface area contributed by atoms with Crippen molar-refractivity contribution in [2.75, 3.05) is 47.5 Å². The molecule has 0 aromatic heterocycles. The Labute approximate surface area is 457 Å². The summed E-state index contributed by atoms with van der Waals surface area (Å²) in [5.41, 5.74) is 0. The van der Waals surface area contributed by atoms with Crippen molar-refractivity contribution in [3.05, 3.63) is 60.8 Å². The Balaban J connectivity index is 4.08. The van der Waals surface area contributed by atoms with E-state index in [1.807, 2.05) is 21.1 Å². The second-order valence-electron chi connectivity index (χ2n) is 22.0. The number of rotatable bonds is 57. The molecule has 0 radical (unpaired) electrons. The molecular weight excluding hydrogens is 942 g/mol. The molecule has 0 spiro atoms. The van der Waals surface area contributed by atoms with Gasteiger partial charge in [-0.05, 0) is 77.0 Å². The fourth-order valence-corrected chi connectivity index (χ4v) is 9.49. The zero-order valence-corrected chi connectivity index (χ0v) is 49.9. The predicted molar refractivity (Wildman–Crippen MR) is 314 cm³/mol. The largest absolute Gasteiger partial charge is 0.756 e. The van der Waals surface area contributed by atoms with Crippen LogP contribution in [0.5, 0.6) is 0 Å². The maximum absolute atomic E-state index is 12.8. The lowest BCUT2D eigenvalue weighted by Crippen LogP contribution is -2.37. The Morgan fingerprint density at radius 1 is 0.432 bits per heavy atom. The van der Waals surface area contributed by atoms with Crippen LogP contribution in [0.15, 0.2) is 60.8 Å². The average Bonchev–Trinajstić information content (AvgIpc) is 3.36. The standard InChI is InChI=1S/C64H118NO8P/c1-6-8-10-12-14-16-18-20-22-24-26-28-29-30-31-32-33-34-35-37-38-40-42-44-46-48-50-52-54-56-63(66)70-60-62(61-72-74(68,69)71-59-58-65(3,4)5)73-64(67)57-55-53-51-49-47-45-43-41-39-36-27-25-23-21-19-17-15-13-11-9-7-2/h9,11,15,17,21,23-24,26-27,36,62H,6-8,10,12-14,16,18-20,22,25,28-35,37-61H2,1-5H3/b11-9-,17-15-,23-21-,26-24-,36-27-. The number of hydrogen-bond acceptors (Lipinski definition) is 8. The number of ether oxygens (including phenoxy) is 2. The molecule has 0 rings (SSSR count). The molecule has 0 N–H and O–H groups in total. The van der Waals surface area contributed by atoms with Gasteiger partial charge in [0, 0.05) is 12.8 Å². The van der Waals surface area contributed by atoms with Crippen LogP contribution in [-0.4, -0.2) is 70.0 Å². The molecule has 0 aromatic carbocycles. The summed E-state index contributed by atoms with van der Waals surface area (Å²) >= 11 is 0. The maximum Gasteiger partial charge on any atom is 0.306 e. The van der Waals surface area contributed by atoms with Gasteiger partial charge >= 0.3 is 11.9 Å². The number of carbonyl (C=O) groups is 2. The van der Waals surface area contributed by atoms with Gasteiger partial charge in [-0.3, -0.25) is 14.2 Å². The van der Waals surface area contributed by atoms with Crippen molar-refractivity contribution < 1.29 is 42.1 Å². The van der Waals surface area contributed by atoms with E-state index in [1.165, 1.54) is 180 Å². The number of hydrogen-bond donors (Lipinski definition) is 0. The third-order valence-electron chi connectivity index (χ3n) is 13.5. The van der Waals surface area contributed by atoms with Crippen LogP contribution in [0, 0.1) is 0 Å². The van der Waals surface area contributed by atoms with E-state index in [2.05, 4.69) is 74.6 Å². The number of esters is 2. The monoisotopic (exact) mass is 1060 g/mol. The highest BCUT2D eigenvalue weighted by atomic mass is 31.2. The first-order valence-corrected chi connectivity index (χ1v) is 32.5. The molecule has 9 nitrogen and oxygen atoms in total. The van der Waals surface area contributed by atoms with Crippen molar-refractivity contribution in [3.63, 3.8) is 0 Å². The van der Waals surface area contributed by atoms with Gasteiger partial charge in [-0.2, -0.15) is 0 Å². The van der Waals surface area contributed by atoms with Crippen molar-refractivity contribution >= 4 is 19.8 Å². The average molecular weight is 1060 g/mol. The first kappa shape index (κ1) is 71.7. The van der Waals surface area contributed by atoms with E-state index in [0.717, 1.165) is 70.6 Å². The number of phosphoric ester groups is 1. The van der Waals surface area contributed by atoms with Crippen LogP contribution in [0.1, 0.15) is 284 Å². The minimum absolute atomic E-state index is 0.0335. The van der Waals surface area contributed by atoms with Gasteiger partial charge in [0.15, 0.2) is 6.10 Å². The lowest BCUT2D eigenvalue weighted by Gasteiger charge is -2.28. The van der Waals surface area contributed by atoms with Crippen molar-refractivity contribution in [2.45, 2.75) is 290 Å². The molecule has 0 saturated carbocycles. The van der Waals surface area contributed by atoms with Crippen LogP contribution in [0.2, 0.25) is 0 Å². The number of phosphoric acid groups is 1. The number of nitrogens with zero attached hydrogens (tertiary/aromatic N) is 1. The fourth-order valence-electron chi connectivity index (χ4n) is 8.76. The molecule has 0 amide bonds. The molecule has 0 bridgehead atoms. The van der Waals surface area contributed by atoms with Crippen molar-refractivity contribution in [1.29, 1.82) is 0 Å². The van der Waals surface area contributed by atoms with Gasteiger partial charge in [-0.1, -0.05) is 254 Å².